The summed E-state index contributed by atoms with van der Waals surface area (Å²) in [6.07, 6.45) is 0.511. The predicted octanol–water partition coefficient (Wildman–Crippen LogP) is 1.75. The second-order valence-electron chi connectivity index (χ2n) is 4.24. The molecule has 1 fully saturated rings. The maximum Gasteiger partial charge on any atom is 0.337 e. The Morgan fingerprint density at radius 1 is 1.44 bits per heavy atom. The molecule has 98 valence electrons. The highest BCUT2D eigenvalue weighted by molar-refractivity contribution is 9.10. The third-order valence-corrected chi connectivity index (χ3v) is 5.07. The molecule has 0 saturated carbocycles. The number of aromatic carboxylic acids is 1. The summed E-state index contributed by atoms with van der Waals surface area (Å²) in [5.41, 5.74) is 0.585. The zero-order valence-electron chi connectivity index (χ0n) is 9.39. The molecule has 5 nitrogen and oxygen atoms in total. The Kier molecular flexibility index (Phi) is 3.63. The van der Waals surface area contributed by atoms with E-state index in [0.29, 0.717) is 16.6 Å². The molecule has 1 saturated heterocycles. The van der Waals surface area contributed by atoms with E-state index in [4.69, 9.17) is 5.11 Å². The van der Waals surface area contributed by atoms with Gasteiger partial charge in [0.1, 0.15) is 0 Å². The first-order valence-electron chi connectivity index (χ1n) is 5.37. The van der Waals surface area contributed by atoms with Crippen molar-refractivity contribution >= 4 is 37.4 Å². The first kappa shape index (κ1) is 13.4. The topological polar surface area (TPSA) is 83.5 Å². The van der Waals surface area contributed by atoms with Crippen LogP contribution in [0.15, 0.2) is 22.7 Å². The van der Waals surface area contributed by atoms with Crippen LogP contribution in [0.1, 0.15) is 16.8 Å². The Balaban J connectivity index is 2.22. The Morgan fingerprint density at radius 3 is 2.72 bits per heavy atom. The molecule has 1 aliphatic heterocycles. The standard InChI is InChI=1S/C11H12BrNO4S/c12-7-1-2-10(9(5-7)11(14)15)13-8-3-4-18(16,17)6-8/h1-2,5,8,13H,3-4,6H2,(H,14,15). The quantitative estimate of drug-likeness (QED) is 0.880. The first-order chi connectivity index (χ1) is 8.37. The molecular weight excluding hydrogens is 322 g/mol. The van der Waals surface area contributed by atoms with Crippen LogP contribution in [0.3, 0.4) is 0 Å². The van der Waals surface area contributed by atoms with Gasteiger partial charge in [-0.3, -0.25) is 0 Å². The summed E-state index contributed by atoms with van der Waals surface area (Å²) in [5.74, 6) is -0.828. The molecule has 1 atom stereocenters. The van der Waals surface area contributed by atoms with Crippen molar-refractivity contribution in [2.75, 3.05) is 16.8 Å². The van der Waals surface area contributed by atoms with Crippen molar-refractivity contribution in [2.24, 2.45) is 0 Å². The maximum absolute atomic E-state index is 11.3. The van der Waals surface area contributed by atoms with E-state index in [1.807, 2.05) is 0 Å². The van der Waals surface area contributed by atoms with E-state index in [2.05, 4.69) is 21.2 Å². The normalized spacial score (nSPS) is 21.7. The number of benzene rings is 1. The van der Waals surface area contributed by atoms with E-state index in [0.717, 1.165) is 0 Å². The van der Waals surface area contributed by atoms with Gasteiger partial charge in [0.25, 0.3) is 0 Å². The van der Waals surface area contributed by atoms with Gasteiger partial charge in [-0.2, -0.15) is 0 Å². The van der Waals surface area contributed by atoms with Crippen LogP contribution >= 0.6 is 15.9 Å². The maximum atomic E-state index is 11.3. The fraction of sp³-hybridized carbons (Fsp3) is 0.364. The van der Waals surface area contributed by atoms with Gasteiger partial charge in [0.05, 0.1) is 17.1 Å². The molecule has 0 spiro atoms. The smallest absolute Gasteiger partial charge is 0.337 e. The van der Waals surface area contributed by atoms with E-state index in [1.165, 1.54) is 6.07 Å². The number of carbonyl (C=O) groups is 1. The predicted molar refractivity (Wildman–Crippen MR) is 71.8 cm³/mol. The number of carboxylic acids is 1. The van der Waals surface area contributed by atoms with Crippen LogP contribution in [0.4, 0.5) is 5.69 Å². The van der Waals surface area contributed by atoms with Crippen molar-refractivity contribution in [3.63, 3.8) is 0 Å². The summed E-state index contributed by atoms with van der Waals surface area (Å²) in [5, 5.41) is 12.1. The number of carboxylic acid groups (broad SMARTS) is 1. The molecule has 0 bridgehead atoms. The van der Waals surface area contributed by atoms with Gasteiger partial charge in [0.15, 0.2) is 9.84 Å². The molecular formula is C11H12BrNO4S. The zero-order valence-corrected chi connectivity index (χ0v) is 11.8. The lowest BCUT2D eigenvalue weighted by Crippen LogP contribution is -2.22. The monoisotopic (exact) mass is 333 g/mol. The van der Waals surface area contributed by atoms with E-state index < -0.39 is 15.8 Å². The fourth-order valence-corrected chi connectivity index (χ4v) is 3.98. The highest BCUT2D eigenvalue weighted by Gasteiger charge is 2.28. The van der Waals surface area contributed by atoms with Crippen LogP contribution in [-0.2, 0) is 9.84 Å². The van der Waals surface area contributed by atoms with E-state index in [-0.39, 0.29) is 23.1 Å². The van der Waals surface area contributed by atoms with Gasteiger partial charge < -0.3 is 10.4 Å². The number of hydrogen-bond acceptors (Lipinski definition) is 4. The molecule has 2 N–H and O–H groups in total. The van der Waals surface area contributed by atoms with Gasteiger partial charge in [-0.25, -0.2) is 13.2 Å². The van der Waals surface area contributed by atoms with Crippen LogP contribution in [-0.4, -0.2) is 37.0 Å². The van der Waals surface area contributed by atoms with E-state index in [9.17, 15) is 13.2 Å². The van der Waals surface area contributed by atoms with Crippen LogP contribution in [0.5, 0.6) is 0 Å². The van der Waals surface area contributed by atoms with Gasteiger partial charge >= 0.3 is 5.97 Å². The molecule has 1 aromatic rings. The Bertz CT molecular complexity index is 585. The lowest BCUT2D eigenvalue weighted by molar-refractivity contribution is 0.0698. The van der Waals surface area contributed by atoms with Crippen molar-refractivity contribution in [3.05, 3.63) is 28.2 Å². The van der Waals surface area contributed by atoms with Gasteiger partial charge in [-0.05, 0) is 24.6 Å². The largest absolute Gasteiger partial charge is 0.478 e. The molecule has 0 aromatic heterocycles. The SMILES string of the molecule is O=C(O)c1cc(Br)ccc1NC1CCS(=O)(=O)C1. The number of anilines is 1. The molecule has 1 aromatic carbocycles. The molecule has 0 aliphatic carbocycles. The third-order valence-electron chi connectivity index (χ3n) is 2.80. The zero-order chi connectivity index (χ0) is 13.3. The Labute approximate surface area is 113 Å². The van der Waals surface area contributed by atoms with Crippen LogP contribution in [0, 0.1) is 0 Å². The summed E-state index contributed by atoms with van der Waals surface area (Å²) in [4.78, 5) is 11.1. The van der Waals surface area contributed by atoms with Crippen molar-refractivity contribution in [3.8, 4) is 0 Å². The first-order valence-corrected chi connectivity index (χ1v) is 7.98. The molecule has 1 aliphatic rings. The van der Waals surface area contributed by atoms with E-state index in [1.54, 1.807) is 12.1 Å². The Hall–Kier alpha value is -1.08. The minimum absolute atomic E-state index is 0.0577. The van der Waals surface area contributed by atoms with Crippen molar-refractivity contribution in [1.82, 2.24) is 0 Å². The van der Waals surface area contributed by atoms with Crippen molar-refractivity contribution < 1.29 is 18.3 Å². The molecule has 18 heavy (non-hydrogen) atoms. The van der Waals surface area contributed by atoms with Crippen molar-refractivity contribution in [2.45, 2.75) is 12.5 Å². The molecule has 0 radical (unpaired) electrons. The van der Waals surface area contributed by atoms with E-state index >= 15 is 0 Å². The minimum atomic E-state index is -2.98. The minimum Gasteiger partial charge on any atom is -0.478 e. The molecule has 2 rings (SSSR count). The lowest BCUT2D eigenvalue weighted by atomic mass is 10.1. The summed E-state index contributed by atoms with van der Waals surface area (Å²) in [7, 11) is -2.98. The average Bonchev–Trinajstić information content (AvgIpc) is 2.60. The number of nitrogens with one attached hydrogen (secondary N) is 1. The second-order valence-corrected chi connectivity index (χ2v) is 7.38. The summed E-state index contributed by atoms with van der Waals surface area (Å²) in [6.45, 7) is 0. The van der Waals surface area contributed by atoms with Gasteiger partial charge in [-0.1, -0.05) is 15.9 Å². The summed E-state index contributed by atoms with van der Waals surface area (Å²) in [6, 6.07) is 4.64. The second kappa shape index (κ2) is 4.89. The number of halogens is 1. The number of rotatable bonds is 3. The molecule has 0 amide bonds. The highest BCUT2D eigenvalue weighted by atomic mass is 79.9. The molecule has 1 heterocycles. The number of sulfone groups is 1. The molecule has 1 unspecified atom stereocenters. The van der Waals surface area contributed by atoms with Crippen LogP contribution in [0.25, 0.3) is 0 Å². The van der Waals surface area contributed by atoms with Crippen LogP contribution < -0.4 is 5.32 Å². The Morgan fingerprint density at radius 2 is 2.17 bits per heavy atom. The van der Waals surface area contributed by atoms with Crippen molar-refractivity contribution in [1.29, 1.82) is 0 Å². The highest BCUT2D eigenvalue weighted by Crippen LogP contribution is 2.24. The van der Waals surface area contributed by atoms with Crippen LogP contribution in [0.2, 0.25) is 0 Å². The van der Waals surface area contributed by atoms with Gasteiger partial charge in [-0.15, -0.1) is 0 Å². The third kappa shape index (κ3) is 3.02. The lowest BCUT2D eigenvalue weighted by Gasteiger charge is -2.14. The summed E-state index contributed by atoms with van der Waals surface area (Å²) < 4.78 is 23.4. The molecule has 7 heteroatoms. The number of hydrogen-bond donors (Lipinski definition) is 2. The average molecular weight is 334 g/mol. The van der Waals surface area contributed by atoms with Gasteiger partial charge in [0, 0.05) is 16.2 Å². The fourth-order valence-electron chi connectivity index (χ4n) is 1.95. The van der Waals surface area contributed by atoms with Gasteiger partial charge in [0.2, 0.25) is 0 Å². The summed E-state index contributed by atoms with van der Waals surface area (Å²) >= 11 is 3.21.